The van der Waals surface area contributed by atoms with E-state index in [-0.39, 0.29) is 11.1 Å². The molecule has 2 N–H and O–H groups in total. The van der Waals surface area contributed by atoms with Crippen molar-refractivity contribution in [3.05, 3.63) is 56.9 Å². The maximum Gasteiger partial charge on any atom is 0.341 e. The number of aromatic nitrogens is 3. The number of benzene rings is 1. The summed E-state index contributed by atoms with van der Waals surface area (Å²) >= 11 is 12.8. The van der Waals surface area contributed by atoms with E-state index in [0.29, 0.717) is 27.7 Å². The van der Waals surface area contributed by atoms with E-state index in [1.54, 1.807) is 10.7 Å². The molecule has 0 spiro atoms. The average Bonchev–Trinajstić information content (AvgIpc) is 3.21. The summed E-state index contributed by atoms with van der Waals surface area (Å²) in [5, 5.41) is 11.3. The molecule has 3 rings (SSSR count). The lowest BCUT2D eigenvalue weighted by molar-refractivity contribution is 0.0601. The van der Waals surface area contributed by atoms with E-state index in [1.165, 1.54) is 36.9 Å². The van der Waals surface area contributed by atoms with E-state index in [4.69, 9.17) is 28.6 Å². The normalized spacial score (nSPS) is 10.7. The van der Waals surface area contributed by atoms with Crippen LogP contribution in [0.4, 0.5) is 15.3 Å². The van der Waals surface area contributed by atoms with Gasteiger partial charge in [-0.15, -0.1) is 16.4 Å². The van der Waals surface area contributed by atoms with Crippen molar-refractivity contribution in [1.82, 2.24) is 14.8 Å². The molecular formula is C18H17ClFN5O2S2. The number of carbonyl (C=O) groups excluding carboxylic acids is 1. The van der Waals surface area contributed by atoms with E-state index < -0.39 is 11.8 Å². The highest BCUT2D eigenvalue weighted by molar-refractivity contribution is 7.80. The Kier molecular flexibility index (Phi) is 6.46. The van der Waals surface area contributed by atoms with Crippen LogP contribution in [0.2, 0.25) is 5.02 Å². The third-order valence-corrected chi connectivity index (χ3v) is 5.79. The number of halogens is 2. The van der Waals surface area contributed by atoms with E-state index in [0.717, 1.165) is 10.4 Å². The van der Waals surface area contributed by atoms with Crippen molar-refractivity contribution < 1.29 is 13.9 Å². The van der Waals surface area contributed by atoms with Crippen LogP contribution < -0.4 is 10.6 Å². The van der Waals surface area contributed by atoms with E-state index in [1.807, 2.05) is 13.8 Å². The molecule has 2 heterocycles. The van der Waals surface area contributed by atoms with Crippen LogP contribution in [0, 0.1) is 19.7 Å². The molecule has 0 unspecified atom stereocenters. The minimum Gasteiger partial charge on any atom is -0.465 e. The summed E-state index contributed by atoms with van der Waals surface area (Å²) in [6.45, 7) is 4.09. The van der Waals surface area contributed by atoms with Gasteiger partial charge in [0.05, 0.1) is 19.2 Å². The van der Waals surface area contributed by atoms with Crippen molar-refractivity contribution in [2.24, 2.45) is 0 Å². The summed E-state index contributed by atoms with van der Waals surface area (Å²) in [5.41, 5.74) is 1.99. The van der Waals surface area contributed by atoms with Crippen LogP contribution in [0.5, 0.6) is 0 Å². The number of methoxy groups -OCH3 is 1. The third kappa shape index (κ3) is 4.89. The van der Waals surface area contributed by atoms with Crippen LogP contribution in [-0.4, -0.2) is 33.0 Å². The van der Waals surface area contributed by atoms with Gasteiger partial charge in [0, 0.05) is 9.90 Å². The smallest absolute Gasteiger partial charge is 0.341 e. The Labute approximate surface area is 180 Å². The standard InChI is InChI=1S/C18H17ClFN5O2S2/c1-9-10(2)29-15(14(9)16(26)27-3)22-18(28)23-17-21-8-25(24-17)7-11-4-5-12(20)6-13(11)19/h4-6,8H,7H2,1-3H3,(H2,22,23,24,28). The molecule has 0 saturated heterocycles. The molecule has 1 aromatic carbocycles. The highest BCUT2D eigenvalue weighted by Gasteiger charge is 2.21. The maximum absolute atomic E-state index is 13.2. The summed E-state index contributed by atoms with van der Waals surface area (Å²) in [7, 11) is 1.33. The fraction of sp³-hybridized carbons (Fsp3) is 0.222. The topological polar surface area (TPSA) is 81.1 Å². The lowest BCUT2D eigenvalue weighted by Gasteiger charge is -2.08. The van der Waals surface area contributed by atoms with Crippen LogP contribution in [0.25, 0.3) is 0 Å². The van der Waals surface area contributed by atoms with Gasteiger partial charge in [-0.05, 0) is 49.3 Å². The maximum atomic E-state index is 13.2. The number of aryl methyl sites for hydroxylation is 1. The number of rotatable bonds is 5. The second-order valence-corrected chi connectivity index (χ2v) is 8.10. The predicted octanol–water partition coefficient (Wildman–Crippen LogP) is 4.39. The summed E-state index contributed by atoms with van der Waals surface area (Å²) in [4.78, 5) is 17.2. The number of hydrogen-bond donors (Lipinski definition) is 2. The number of thiophene rings is 1. The van der Waals surface area contributed by atoms with Gasteiger partial charge in [-0.3, -0.25) is 5.32 Å². The Morgan fingerprint density at radius 2 is 2.14 bits per heavy atom. The average molecular weight is 454 g/mol. The molecule has 0 atom stereocenters. The van der Waals surface area contributed by atoms with Crippen LogP contribution in [0.3, 0.4) is 0 Å². The van der Waals surface area contributed by atoms with Crippen molar-refractivity contribution in [1.29, 1.82) is 0 Å². The van der Waals surface area contributed by atoms with Gasteiger partial charge in [0.2, 0.25) is 5.95 Å². The zero-order valence-corrected chi connectivity index (χ0v) is 18.1. The van der Waals surface area contributed by atoms with Crippen LogP contribution in [0.1, 0.15) is 26.4 Å². The minimum absolute atomic E-state index is 0.231. The van der Waals surface area contributed by atoms with Crippen molar-refractivity contribution in [3.8, 4) is 0 Å². The number of thiocarbonyl (C=S) groups is 1. The van der Waals surface area contributed by atoms with Crippen molar-refractivity contribution in [2.75, 3.05) is 17.7 Å². The van der Waals surface area contributed by atoms with Gasteiger partial charge in [0.1, 0.15) is 17.1 Å². The highest BCUT2D eigenvalue weighted by Crippen LogP contribution is 2.33. The summed E-state index contributed by atoms with van der Waals surface area (Å²) < 4.78 is 19.6. The third-order valence-electron chi connectivity index (χ3n) is 4.11. The van der Waals surface area contributed by atoms with Crippen molar-refractivity contribution in [3.63, 3.8) is 0 Å². The molecule has 0 bridgehead atoms. The second-order valence-electron chi connectivity index (χ2n) is 6.06. The number of anilines is 2. The highest BCUT2D eigenvalue weighted by atomic mass is 35.5. The monoisotopic (exact) mass is 453 g/mol. The van der Waals surface area contributed by atoms with Gasteiger partial charge in [0.15, 0.2) is 5.11 Å². The van der Waals surface area contributed by atoms with Gasteiger partial charge in [-0.25, -0.2) is 18.9 Å². The molecule has 7 nitrogen and oxygen atoms in total. The van der Waals surface area contributed by atoms with Crippen LogP contribution in [0.15, 0.2) is 24.5 Å². The first-order valence-electron chi connectivity index (χ1n) is 8.38. The Hall–Kier alpha value is -2.56. The lowest BCUT2D eigenvalue weighted by Crippen LogP contribution is -2.21. The van der Waals surface area contributed by atoms with E-state index >= 15 is 0 Å². The quantitative estimate of drug-likeness (QED) is 0.438. The Morgan fingerprint density at radius 3 is 2.83 bits per heavy atom. The van der Waals surface area contributed by atoms with E-state index in [9.17, 15) is 9.18 Å². The first-order valence-corrected chi connectivity index (χ1v) is 9.98. The molecule has 11 heteroatoms. The van der Waals surface area contributed by atoms with Gasteiger partial charge in [0.25, 0.3) is 0 Å². The van der Waals surface area contributed by atoms with Crippen molar-refractivity contribution >= 4 is 57.2 Å². The first kappa shape index (κ1) is 21.2. The summed E-state index contributed by atoms with van der Waals surface area (Å²) in [6, 6.07) is 4.17. The Balaban J connectivity index is 1.68. The molecule has 0 aliphatic heterocycles. The molecule has 0 aliphatic rings. The first-order chi connectivity index (χ1) is 13.8. The fourth-order valence-electron chi connectivity index (χ4n) is 2.55. The van der Waals surface area contributed by atoms with Crippen LogP contribution in [-0.2, 0) is 11.3 Å². The van der Waals surface area contributed by atoms with Gasteiger partial charge >= 0.3 is 5.97 Å². The number of ether oxygens (including phenoxy) is 1. The van der Waals surface area contributed by atoms with Gasteiger partial charge in [-0.1, -0.05) is 17.7 Å². The molecule has 0 amide bonds. The van der Waals surface area contributed by atoms with Crippen molar-refractivity contribution in [2.45, 2.75) is 20.4 Å². The molecule has 0 radical (unpaired) electrons. The fourth-order valence-corrected chi connectivity index (χ4v) is 4.09. The second kappa shape index (κ2) is 8.85. The molecule has 29 heavy (non-hydrogen) atoms. The lowest BCUT2D eigenvalue weighted by atomic mass is 10.1. The molecule has 0 aliphatic carbocycles. The number of nitrogens with zero attached hydrogens (tertiary/aromatic N) is 3. The largest absolute Gasteiger partial charge is 0.465 e. The predicted molar refractivity (Wildman–Crippen MR) is 116 cm³/mol. The van der Waals surface area contributed by atoms with E-state index in [2.05, 4.69) is 20.7 Å². The Morgan fingerprint density at radius 1 is 1.38 bits per heavy atom. The minimum atomic E-state index is -0.435. The molecular weight excluding hydrogens is 437 g/mol. The number of carbonyl (C=O) groups is 1. The SMILES string of the molecule is COC(=O)c1c(NC(=S)Nc2ncn(Cc3ccc(F)cc3Cl)n2)sc(C)c1C. The number of nitrogens with one attached hydrogen (secondary N) is 2. The molecule has 0 fully saturated rings. The molecule has 2 aromatic heterocycles. The molecule has 0 saturated carbocycles. The molecule has 3 aromatic rings. The van der Waals surface area contributed by atoms with Gasteiger partial charge in [-0.2, -0.15) is 0 Å². The Bertz CT molecular complexity index is 1080. The van der Waals surface area contributed by atoms with Gasteiger partial charge < -0.3 is 10.1 Å². The summed E-state index contributed by atoms with van der Waals surface area (Å²) in [6.07, 6.45) is 1.50. The van der Waals surface area contributed by atoms with Crippen LogP contribution >= 0.6 is 35.2 Å². The number of hydrogen-bond acceptors (Lipinski definition) is 6. The summed E-state index contributed by atoms with van der Waals surface area (Å²) in [5.74, 6) is -0.567. The zero-order chi connectivity index (χ0) is 21.1. The number of esters is 1. The molecule has 152 valence electrons. The zero-order valence-electron chi connectivity index (χ0n) is 15.7.